The lowest BCUT2D eigenvalue weighted by molar-refractivity contribution is 0.564. The Labute approximate surface area is 128 Å². The fraction of sp³-hybridized carbons (Fsp3) is 0.375. The lowest BCUT2D eigenvalue weighted by Crippen LogP contribution is -2.17. The molecule has 0 bridgehead atoms. The lowest BCUT2D eigenvalue weighted by atomic mass is 9.90. The van der Waals surface area contributed by atoms with E-state index in [0.717, 1.165) is 28.3 Å². The van der Waals surface area contributed by atoms with Crippen LogP contribution in [-0.4, -0.2) is 20.9 Å². The molecule has 0 unspecified atom stereocenters. The first-order chi connectivity index (χ1) is 10.0. The van der Waals surface area contributed by atoms with E-state index < -0.39 is 0 Å². The number of nitrogens with two attached hydrogens (primary N) is 1. The number of aromatic nitrogens is 3. The van der Waals surface area contributed by atoms with Gasteiger partial charge >= 0.3 is 0 Å². The maximum Gasteiger partial charge on any atom is 0.194 e. The van der Waals surface area contributed by atoms with Crippen LogP contribution in [0.4, 0.5) is 0 Å². The molecule has 0 amide bonds. The summed E-state index contributed by atoms with van der Waals surface area (Å²) in [6.45, 7) is 7.22. The molecule has 21 heavy (non-hydrogen) atoms. The highest BCUT2D eigenvalue weighted by Gasteiger charge is 2.25. The van der Waals surface area contributed by atoms with Gasteiger partial charge in [-0.05, 0) is 18.7 Å². The summed E-state index contributed by atoms with van der Waals surface area (Å²) in [5, 5.41) is 2.14. The number of hydrogen-bond acceptors (Lipinski definition) is 4. The zero-order chi connectivity index (χ0) is 15.0. The molecule has 3 heterocycles. The maximum absolute atomic E-state index is 5.83. The number of fused-ring (bicyclic) bond motifs is 1. The first-order valence-corrected chi connectivity index (χ1v) is 8.00. The van der Waals surface area contributed by atoms with E-state index in [0.29, 0.717) is 6.54 Å². The molecule has 0 aromatic carbocycles. The summed E-state index contributed by atoms with van der Waals surface area (Å²) in [4.78, 5) is 10.1. The van der Waals surface area contributed by atoms with E-state index in [-0.39, 0.29) is 5.41 Å². The molecule has 0 aliphatic carbocycles. The summed E-state index contributed by atoms with van der Waals surface area (Å²) in [6.07, 6.45) is 4.52. The van der Waals surface area contributed by atoms with Crippen molar-refractivity contribution in [1.29, 1.82) is 0 Å². The monoisotopic (exact) mass is 300 g/mol. The second kappa shape index (κ2) is 5.24. The van der Waals surface area contributed by atoms with Gasteiger partial charge in [-0.15, -0.1) is 11.3 Å². The molecule has 3 aromatic rings. The highest BCUT2D eigenvalue weighted by molar-refractivity contribution is 7.15. The predicted octanol–water partition coefficient (Wildman–Crippen LogP) is 3.26. The second-order valence-electron chi connectivity index (χ2n) is 6.18. The summed E-state index contributed by atoms with van der Waals surface area (Å²) in [7, 11) is 0. The van der Waals surface area contributed by atoms with Gasteiger partial charge in [0.2, 0.25) is 0 Å². The molecule has 0 spiro atoms. The lowest BCUT2D eigenvalue weighted by Gasteiger charge is -2.18. The largest absolute Gasteiger partial charge is 0.330 e. The molecule has 4 nitrogen and oxygen atoms in total. The van der Waals surface area contributed by atoms with E-state index in [1.54, 1.807) is 17.5 Å². The number of rotatable bonds is 3. The molecule has 0 aliphatic heterocycles. The molecule has 3 aromatic heterocycles. The van der Waals surface area contributed by atoms with Gasteiger partial charge in [0.25, 0.3) is 0 Å². The van der Waals surface area contributed by atoms with Crippen LogP contribution in [-0.2, 0) is 11.8 Å². The van der Waals surface area contributed by atoms with Crippen molar-refractivity contribution in [3.8, 4) is 11.3 Å². The van der Waals surface area contributed by atoms with Crippen LogP contribution in [0.25, 0.3) is 16.2 Å². The zero-order valence-corrected chi connectivity index (χ0v) is 13.4. The van der Waals surface area contributed by atoms with Gasteiger partial charge in [0.15, 0.2) is 4.96 Å². The average molecular weight is 300 g/mol. The summed E-state index contributed by atoms with van der Waals surface area (Å²) in [5.74, 6) is 0. The third-order valence-corrected chi connectivity index (χ3v) is 4.33. The SMILES string of the molecule is CC(C)(C)c1nc2scc(-c3cccnc3)n2c1CCN. The summed E-state index contributed by atoms with van der Waals surface area (Å²) in [5.41, 5.74) is 10.5. The molecule has 0 saturated heterocycles. The first-order valence-electron chi connectivity index (χ1n) is 7.12. The number of pyridine rings is 1. The Hall–Kier alpha value is -1.72. The van der Waals surface area contributed by atoms with Crippen molar-refractivity contribution in [2.75, 3.05) is 6.54 Å². The molecule has 5 heteroatoms. The third kappa shape index (κ3) is 2.47. The Balaban J connectivity index is 2.27. The minimum Gasteiger partial charge on any atom is -0.330 e. The van der Waals surface area contributed by atoms with Crippen molar-refractivity contribution in [3.63, 3.8) is 0 Å². The van der Waals surface area contributed by atoms with Gasteiger partial charge < -0.3 is 5.73 Å². The van der Waals surface area contributed by atoms with E-state index >= 15 is 0 Å². The molecule has 3 rings (SSSR count). The van der Waals surface area contributed by atoms with Gasteiger partial charge in [0, 0.05) is 40.9 Å². The first kappa shape index (κ1) is 14.2. The molecule has 0 atom stereocenters. The highest BCUT2D eigenvalue weighted by atomic mass is 32.1. The molecule has 0 saturated carbocycles. The Kier molecular flexibility index (Phi) is 3.55. The van der Waals surface area contributed by atoms with E-state index in [1.807, 2.05) is 12.3 Å². The molecule has 2 N–H and O–H groups in total. The van der Waals surface area contributed by atoms with Crippen LogP contribution in [0, 0.1) is 0 Å². The summed E-state index contributed by atoms with van der Waals surface area (Å²) >= 11 is 1.67. The maximum atomic E-state index is 5.83. The second-order valence-corrected chi connectivity index (χ2v) is 7.01. The van der Waals surface area contributed by atoms with E-state index in [2.05, 4.69) is 41.6 Å². The van der Waals surface area contributed by atoms with E-state index in [9.17, 15) is 0 Å². The number of thiazole rings is 1. The number of hydrogen-bond donors (Lipinski definition) is 1. The Morgan fingerprint density at radius 1 is 1.33 bits per heavy atom. The molecule has 110 valence electrons. The van der Waals surface area contributed by atoms with Crippen LogP contribution in [0.15, 0.2) is 29.9 Å². The molecular weight excluding hydrogens is 280 g/mol. The van der Waals surface area contributed by atoms with Crippen LogP contribution < -0.4 is 5.73 Å². The Morgan fingerprint density at radius 3 is 2.76 bits per heavy atom. The van der Waals surface area contributed by atoms with Crippen molar-refractivity contribution in [1.82, 2.24) is 14.4 Å². The van der Waals surface area contributed by atoms with Crippen molar-refractivity contribution in [2.24, 2.45) is 5.73 Å². The molecular formula is C16H20N4S. The highest BCUT2D eigenvalue weighted by Crippen LogP contribution is 2.33. The minimum atomic E-state index is 0.0163. The number of imidazole rings is 1. The van der Waals surface area contributed by atoms with Crippen molar-refractivity contribution >= 4 is 16.3 Å². The van der Waals surface area contributed by atoms with Crippen LogP contribution in [0.2, 0.25) is 0 Å². The van der Waals surface area contributed by atoms with Gasteiger partial charge in [-0.25, -0.2) is 4.98 Å². The topological polar surface area (TPSA) is 56.2 Å². The molecule has 0 fully saturated rings. The predicted molar refractivity (Wildman–Crippen MR) is 87.8 cm³/mol. The fourth-order valence-electron chi connectivity index (χ4n) is 2.60. The zero-order valence-electron chi connectivity index (χ0n) is 12.6. The van der Waals surface area contributed by atoms with Crippen molar-refractivity contribution in [3.05, 3.63) is 41.3 Å². The van der Waals surface area contributed by atoms with Crippen LogP contribution in [0.5, 0.6) is 0 Å². The Morgan fingerprint density at radius 2 is 2.14 bits per heavy atom. The van der Waals surface area contributed by atoms with Gasteiger partial charge in [-0.1, -0.05) is 20.8 Å². The van der Waals surface area contributed by atoms with Crippen LogP contribution in [0.3, 0.4) is 0 Å². The van der Waals surface area contributed by atoms with Gasteiger partial charge in [-0.2, -0.15) is 0 Å². The number of nitrogens with zero attached hydrogens (tertiary/aromatic N) is 3. The van der Waals surface area contributed by atoms with Crippen molar-refractivity contribution < 1.29 is 0 Å². The van der Waals surface area contributed by atoms with E-state index in [1.165, 1.54) is 5.69 Å². The summed E-state index contributed by atoms with van der Waals surface area (Å²) in [6, 6.07) is 4.04. The van der Waals surface area contributed by atoms with Crippen LogP contribution in [0.1, 0.15) is 32.2 Å². The standard InChI is InChI=1S/C16H20N4S/c1-16(2,3)14-12(6-7-17)20-13(10-21-15(20)19-14)11-5-4-8-18-9-11/h4-5,8-10H,6-7,17H2,1-3H3. The summed E-state index contributed by atoms with van der Waals surface area (Å²) < 4.78 is 2.25. The normalized spacial score (nSPS) is 12.2. The average Bonchev–Trinajstić information content (AvgIpc) is 3.00. The third-order valence-electron chi connectivity index (χ3n) is 3.51. The molecule has 0 aliphatic rings. The van der Waals surface area contributed by atoms with Gasteiger partial charge in [-0.3, -0.25) is 9.38 Å². The van der Waals surface area contributed by atoms with E-state index in [4.69, 9.17) is 10.7 Å². The fourth-order valence-corrected chi connectivity index (χ4v) is 3.52. The quantitative estimate of drug-likeness (QED) is 0.807. The Bertz CT molecular complexity index is 750. The minimum absolute atomic E-state index is 0.0163. The smallest absolute Gasteiger partial charge is 0.194 e. The molecule has 0 radical (unpaired) electrons. The van der Waals surface area contributed by atoms with Crippen molar-refractivity contribution in [2.45, 2.75) is 32.6 Å². The van der Waals surface area contributed by atoms with Gasteiger partial charge in [0.05, 0.1) is 11.4 Å². The van der Waals surface area contributed by atoms with Crippen LogP contribution >= 0.6 is 11.3 Å². The van der Waals surface area contributed by atoms with Gasteiger partial charge in [0.1, 0.15) is 0 Å².